The number of hydrogen-bond donors (Lipinski definition) is 0. The third-order valence-corrected chi connectivity index (χ3v) is 6.24. The maximum Gasteiger partial charge on any atom is 0.357 e. The molecule has 28 heavy (non-hydrogen) atoms. The van der Waals surface area contributed by atoms with E-state index in [-0.39, 0.29) is 35.8 Å². The molecule has 0 aliphatic rings. The van der Waals surface area contributed by atoms with Crippen molar-refractivity contribution in [3.05, 3.63) is 72.2 Å². The monoisotopic (exact) mass is 493 g/mol. The highest BCUT2D eigenvalue weighted by atomic mass is 35.5. The van der Waals surface area contributed by atoms with Crippen LogP contribution < -0.4 is 0 Å². The lowest BCUT2D eigenvalue weighted by Gasteiger charge is -2.12. The Kier molecular flexibility index (Phi) is 6.65. The van der Waals surface area contributed by atoms with Crippen molar-refractivity contribution in [2.75, 3.05) is 7.11 Å². The Morgan fingerprint density at radius 3 is 1.71 bits per heavy atom. The molecule has 0 saturated heterocycles. The minimum atomic E-state index is -0.634. The van der Waals surface area contributed by atoms with Gasteiger partial charge in [0.05, 0.1) is 42.9 Å². The first-order chi connectivity index (χ1) is 13.2. The van der Waals surface area contributed by atoms with E-state index in [1.807, 2.05) is 0 Å². The van der Waals surface area contributed by atoms with E-state index >= 15 is 0 Å². The van der Waals surface area contributed by atoms with E-state index in [0.717, 1.165) is 0 Å². The second kappa shape index (κ2) is 8.66. The summed E-state index contributed by atoms with van der Waals surface area (Å²) < 4.78 is 4.87. The number of carbonyl (C=O) groups is 1. The second-order valence-electron chi connectivity index (χ2n) is 5.59. The van der Waals surface area contributed by atoms with Crippen molar-refractivity contribution in [1.29, 1.82) is 0 Å². The molecule has 0 unspecified atom stereocenters. The van der Waals surface area contributed by atoms with Crippen LogP contribution in [0.25, 0.3) is 22.4 Å². The van der Waals surface area contributed by atoms with Crippen molar-refractivity contribution in [2.24, 2.45) is 0 Å². The van der Waals surface area contributed by atoms with Crippen LogP contribution in [0.3, 0.4) is 0 Å². The van der Waals surface area contributed by atoms with Gasteiger partial charge >= 0.3 is 5.97 Å². The van der Waals surface area contributed by atoms with Gasteiger partial charge in [0.25, 0.3) is 0 Å². The SMILES string of the molecule is COC(=O)c1nc(-c2cc(Cl)c(Cl)c(Cl)c2)ccc1-c1cc(Cl)c(Cl)c(Cl)c1. The standard InChI is InChI=1S/C19H9Cl6NO2/c1-28-19(27)18-10(8-4-11(20)16(24)12(21)5-8)2-3-15(26-18)9-6-13(22)17(25)14(23)7-9/h2-7H,1H3. The summed E-state index contributed by atoms with van der Waals surface area (Å²) in [5.41, 5.74) is 2.14. The molecule has 0 spiro atoms. The summed E-state index contributed by atoms with van der Waals surface area (Å²) in [4.78, 5) is 16.8. The quantitative estimate of drug-likeness (QED) is 0.272. The minimum Gasteiger partial charge on any atom is -0.464 e. The van der Waals surface area contributed by atoms with Gasteiger partial charge in [-0.15, -0.1) is 0 Å². The van der Waals surface area contributed by atoms with Crippen molar-refractivity contribution in [1.82, 2.24) is 4.98 Å². The van der Waals surface area contributed by atoms with Gasteiger partial charge in [0, 0.05) is 11.1 Å². The summed E-state index contributed by atoms with van der Waals surface area (Å²) in [6.07, 6.45) is 0. The molecule has 1 aromatic heterocycles. The van der Waals surface area contributed by atoms with Crippen molar-refractivity contribution in [3.8, 4) is 22.4 Å². The topological polar surface area (TPSA) is 39.2 Å². The number of pyridine rings is 1. The van der Waals surface area contributed by atoms with Gasteiger partial charge in [0.1, 0.15) is 0 Å². The van der Waals surface area contributed by atoms with E-state index in [1.54, 1.807) is 36.4 Å². The molecule has 0 bridgehead atoms. The number of halogens is 6. The third kappa shape index (κ3) is 4.20. The fraction of sp³-hybridized carbons (Fsp3) is 0.0526. The lowest BCUT2D eigenvalue weighted by atomic mass is 10.0. The molecule has 0 amide bonds. The Balaban J connectivity index is 2.20. The van der Waals surface area contributed by atoms with Gasteiger partial charge in [0.15, 0.2) is 5.69 Å². The maximum absolute atomic E-state index is 12.4. The molecular weight excluding hydrogens is 487 g/mol. The normalized spacial score (nSPS) is 10.8. The Morgan fingerprint density at radius 2 is 1.25 bits per heavy atom. The fourth-order valence-corrected chi connectivity index (χ4v) is 3.71. The lowest BCUT2D eigenvalue weighted by Crippen LogP contribution is -2.07. The van der Waals surface area contributed by atoms with Crippen LogP contribution in [0.5, 0.6) is 0 Å². The Morgan fingerprint density at radius 1 is 0.786 bits per heavy atom. The van der Waals surface area contributed by atoms with Crippen LogP contribution in [0.4, 0.5) is 0 Å². The van der Waals surface area contributed by atoms with Crippen LogP contribution in [0.1, 0.15) is 10.5 Å². The van der Waals surface area contributed by atoms with Crippen LogP contribution in [-0.2, 0) is 4.74 Å². The van der Waals surface area contributed by atoms with Gasteiger partial charge in [-0.1, -0.05) is 69.6 Å². The molecule has 9 heteroatoms. The number of hydrogen-bond acceptors (Lipinski definition) is 3. The van der Waals surface area contributed by atoms with Gasteiger partial charge < -0.3 is 4.74 Å². The van der Waals surface area contributed by atoms with Crippen LogP contribution >= 0.6 is 69.6 Å². The number of esters is 1. The van der Waals surface area contributed by atoms with E-state index in [2.05, 4.69) is 4.98 Å². The van der Waals surface area contributed by atoms with E-state index < -0.39 is 5.97 Å². The van der Waals surface area contributed by atoms with E-state index in [4.69, 9.17) is 74.3 Å². The molecule has 0 radical (unpaired) electrons. The van der Waals surface area contributed by atoms with Crippen LogP contribution in [-0.4, -0.2) is 18.1 Å². The Hall–Kier alpha value is -1.20. The zero-order valence-corrected chi connectivity index (χ0v) is 18.5. The van der Waals surface area contributed by atoms with E-state index in [0.29, 0.717) is 22.4 Å². The summed E-state index contributed by atoms with van der Waals surface area (Å²) in [5, 5.41) is 1.50. The smallest absolute Gasteiger partial charge is 0.357 e. The largest absolute Gasteiger partial charge is 0.464 e. The molecule has 2 aromatic carbocycles. The molecule has 0 atom stereocenters. The van der Waals surface area contributed by atoms with Crippen LogP contribution in [0.15, 0.2) is 36.4 Å². The molecule has 144 valence electrons. The van der Waals surface area contributed by atoms with Gasteiger partial charge in [-0.3, -0.25) is 0 Å². The molecular formula is C19H9Cl6NO2. The summed E-state index contributed by atoms with van der Waals surface area (Å²) in [5.74, 6) is -0.634. The predicted molar refractivity (Wildman–Crippen MR) is 117 cm³/mol. The average Bonchev–Trinajstić information content (AvgIpc) is 2.68. The molecule has 1 heterocycles. The van der Waals surface area contributed by atoms with Gasteiger partial charge in [-0.25, -0.2) is 9.78 Å². The van der Waals surface area contributed by atoms with Gasteiger partial charge in [0.2, 0.25) is 0 Å². The Labute approximate surface area is 191 Å². The van der Waals surface area contributed by atoms with Crippen molar-refractivity contribution in [2.45, 2.75) is 0 Å². The molecule has 3 aromatic rings. The first-order valence-corrected chi connectivity index (χ1v) is 9.89. The second-order valence-corrected chi connectivity index (χ2v) is 7.98. The number of methoxy groups -OCH3 is 1. The third-order valence-electron chi connectivity index (χ3n) is 3.85. The number of nitrogens with zero attached hydrogens (tertiary/aromatic N) is 1. The van der Waals surface area contributed by atoms with Gasteiger partial charge in [-0.2, -0.15) is 0 Å². The summed E-state index contributed by atoms with van der Waals surface area (Å²) in [6, 6.07) is 9.79. The van der Waals surface area contributed by atoms with E-state index in [1.165, 1.54) is 7.11 Å². The predicted octanol–water partition coefficient (Wildman–Crippen LogP) is 8.12. The summed E-state index contributed by atoms with van der Waals surface area (Å²) in [7, 11) is 1.26. The highest BCUT2D eigenvalue weighted by molar-refractivity contribution is 6.49. The first kappa shape index (κ1) is 21.5. The van der Waals surface area contributed by atoms with Gasteiger partial charge in [-0.05, 0) is 42.0 Å². The molecule has 0 aliphatic heterocycles. The average molecular weight is 496 g/mol. The number of carbonyl (C=O) groups excluding carboxylic acids is 1. The number of rotatable bonds is 3. The highest BCUT2D eigenvalue weighted by Crippen LogP contribution is 2.38. The van der Waals surface area contributed by atoms with Crippen molar-refractivity contribution in [3.63, 3.8) is 0 Å². The Bertz CT molecular complexity index is 1050. The maximum atomic E-state index is 12.4. The summed E-state index contributed by atoms with van der Waals surface area (Å²) >= 11 is 36.4. The zero-order valence-electron chi connectivity index (χ0n) is 14.0. The molecule has 0 aliphatic carbocycles. The first-order valence-electron chi connectivity index (χ1n) is 7.62. The van der Waals surface area contributed by atoms with Crippen LogP contribution in [0, 0.1) is 0 Å². The molecule has 0 saturated carbocycles. The summed E-state index contributed by atoms with van der Waals surface area (Å²) in [6.45, 7) is 0. The number of aromatic nitrogens is 1. The molecule has 0 fully saturated rings. The highest BCUT2D eigenvalue weighted by Gasteiger charge is 2.19. The van der Waals surface area contributed by atoms with Crippen LogP contribution in [0.2, 0.25) is 30.1 Å². The van der Waals surface area contributed by atoms with E-state index in [9.17, 15) is 4.79 Å². The molecule has 3 rings (SSSR count). The number of ether oxygens (including phenoxy) is 1. The van der Waals surface area contributed by atoms with Crippen molar-refractivity contribution >= 4 is 75.6 Å². The number of benzene rings is 2. The molecule has 0 N–H and O–H groups in total. The zero-order chi connectivity index (χ0) is 20.6. The fourth-order valence-electron chi connectivity index (χ4n) is 2.52. The van der Waals surface area contributed by atoms with Crippen molar-refractivity contribution < 1.29 is 9.53 Å². The minimum absolute atomic E-state index is 0.0663. The molecule has 3 nitrogen and oxygen atoms in total. The lowest BCUT2D eigenvalue weighted by molar-refractivity contribution is 0.0595.